The average Bonchev–Trinajstić information content (AvgIpc) is 2.34. The Hall–Kier alpha value is -1.69. The molecule has 1 aromatic heterocycles. The molecule has 18 heavy (non-hydrogen) atoms. The Morgan fingerprint density at radius 3 is 2.44 bits per heavy atom. The van der Waals surface area contributed by atoms with E-state index in [-0.39, 0.29) is 12.4 Å². The van der Waals surface area contributed by atoms with E-state index in [1.54, 1.807) is 19.2 Å². The van der Waals surface area contributed by atoms with Crippen LogP contribution in [-0.4, -0.2) is 9.13 Å². The number of aromatic nitrogens is 2. The van der Waals surface area contributed by atoms with Crippen LogP contribution in [0.4, 0.5) is 4.39 Å². The van der Waals surface area contributed by atoms with Crippen LogP contribution in [0, 0.1) is 5.82 Å². The number of benzene rings is 1. The van der Waals surface area contributed by atoms with Crippen molar-refractivity contribution in [3.05, 3.63) is 67.2 Å². The van der Waals surface area contributed by atoms with Crippen LogP contribution in [-0.2, 0) is 13.6 Å². The summed E-state index contributed by atoms with van der Waals surface area (Å²) >= 11 is 3.10. The number of hydrogen-bond acceptors (Lipinski definition) is 2. The van der Waals surface area contributed by atoms with Gasteiger partial charge in [-0.25, -0.2) is 9.18 Å². The Kier molecular flexibility index (Phi) is 3.47. The fourth-order valence-corrected chi connectivity index (χ4v) is 2.12. The Morgan fingerprint density at radius 2 is 1.83 bits per heavy atom. The van der Waals surface area contributed by atoms with Gasteiger partial charge >= 0.3 is 5.69 Å². The van der Waals surface area contributed by atoms with E-state index in [1.807, 2.05) is 0 Å². The van der Waals surface area contributed by atoms with Gasteiger partial charge in [0.05, 0.1) is 11.0 Å². The molecule has 0 aliphatic heterocycles. The summed E-state index contributed by atoms with van der Waals surface area (Å²) in [6.07, 6.45) is 1.42. The van der Waals surface area contributed by atoms with Gasteiger partial charge in [0, 0.05) is 13.2 Å². The molecule has 0 unspecified atom stereocenters. The Morgan fingerprint density at radius 1 is 1.22 bits per heavy atom. The Labute approximate surface area is 110 Å². The van der Waals surface area contributed by atoms with Crippen LogP contribution in [0.15, 0.2) is 44.5 Å². The van der Waals surface area contributed by atoms with Crippen molar-refractivity contribution in [1.29, 1.82) is 0 Å². The van der Waals surface area contributed by atoms with Gasteiger partial charge in [0.15, 0.2) is 0 Å². The van der Waals surface area contributed by atoms with Crippen LogP contribution in [0.2, 0.25) is 0 Å². The fourth-order valence-electron chi connectivity index (χ4n) is 1.60. The second-order valence-corrected chi connectivity index (χ2v) is 4.74. The van der Waals surface area contributed by atoms with Gasteiger partial charge < -0.3 is 4.57 Å². The molecule has 0 spiro atoms. The highest BCUT2D eigenvalue weighted by atomic mass is 79.9. The van der Waals surface area contributed by atoms with E-state index in [1.165, 1.54) is 22.9 Å². The third-order valence-corrected chi connectivity index (χ3v) is 3.09. The van der Waals surface area contributed by atoms with Crippen molar-refractivity contribution in [3.8, 4) is 0 Å². The van der Waals surface area contributed by atoms with Crippen LogP contribution in [0.3, 0.4) is 0 Å². The lowest BCUT2D eigenvalue weighted by Gasteiger charge is -2.07. The molecule has 4 nitrogen and oxygen atoms in total. The van der Waals surface area contributed by atoms with E-state index in [0.717, 1.165) is 4.57 Å². The molecule has 0 saturated heterocycles. The molecule has 0 N–H and O–H groups in total. The first-order valence-corrected chi connectivity index (χ1v) is 5.99. The molecule has 6 heteroatoms. The zero-order valence-corrected chi connectivity index (χ0v) is 11.1. The average molecular weight is 313 g/mol. The zero-order chi connectivity index (χ0) is 13.3. The summed E-state index contributed by atoms with van der Waals surface area (Å²) in [5, 5.41) is 0. The highest BCUT2D eigenvalue weighted by Gasteiger charge is 2.08. The SMILES string of the molecule is Cn1cc(Br)c(=O)n(Cc2ccc(F)cc2)c1=O. The molecule has 0 aliphatic carbocycles. The molecule has 0 atom stereocenters. The first-order chi connectivity index (χ1) is 8.49. The van der Waals surface area contributed by atoms with Gasteiger partial charge in [-0.1, -0.05) is 12.1 Å². The van der Waals surface area contributed by atoms with Crippen molar-refractivity contribution >= 4 is 15.9 Å². The summed E-state index contributed by atoms with van der Waals surface area (Å²) in [6, 6.07) is 5.68. The highest BCUT2D eigenvalue weighted by Crippen LogP contribution is 2.04. The molecule has 0 aliphatic rings. The van der Waals surface area contributed by atoms with E-state index in [4.69, 9.17) is 0 Å². The van der Waals surface area contributed by atoms with Gasteiger partial charge in [-0.3, -0.25) is 9.36 Å². The monoisotopic (exact) mass is 312 g/mol. The summed E-state index contributed by atoms with van der Waals surface area (Å²) in [4.78, 5) is 23.7. The topological polar surface area (TPSA) is 44.0 Å². The normalized spacial score (nSPS) is 10.6. The third-order valence-electron chi connectivity index (χ3n) is 2.54. The molecule has 0 bridgehead atoms. The maximum absolute atomic E-state index is 12.8. The van der Waals surface area contributed by atoms with Gasteiger partial charge in [-0.15, -0.1) is 0 Å². The largest absolute Gasteiger partial charge is 0.331 e. The highest BCUT2D eigenvalue weighted by molar-refractivity contribution is 9.10. The Balaban J connectivity index is 2.50. The number of rotatable bonds is 2. The molecule has 2 aromatic rings. The quantitative estimate of drug-likeness (QED) is 0.843. The number of nitrogens with zero attached hydrogens (tertiary/aromatic N) is 2. The maximum Gasteiger partial charge on any atom is 0.331 e. The standard InChI is InChI=1S/C12H10BrFN2O2/c1-15-7-10(13)11(17)16(12(15)18)6-8-2-4-9(14)5-3-8/h2-5,7H,6H2,1H3. The maximum atomic E-state index is 12.8. The first kappa shape index (κ1) is 12.8. The molecular weight excluding hydrogens is 303 g/mol. The number of aryl methyl sites for hydroxylation is 1. The van der Waals surface area contributed by atoms with E-state index in [0.29, 0.717) is 10.0 Å². The van der Waals surface area contributed by atoms with Crippen molar-refractivity contribution in [2.24, 2.45) is 7.05 Å². The minimum atomic E-state index is -0.410. The van der Waals surface area contributed by atoms with Crippen molar-refractivity contribution in [3.63, 3.8) is 0 Å². The molecule has 2 rings (SSSR count). The van der Waals surface area contributed by atoms with Crippen molar-refractivity contribution in [2.75, 3.05) is 0 Å². The van der Waals surface area contributed by atoms with Gasteiger partial charge in [-0.05, 0) is 33.6 Å². The minimum Gasteiger partial charge on any atom is -0.302 e. The van der Waals surface area contributed by atoms with Gasteiger partial charge in [-0.2, -0.15) is 0 Å². The van der Waals surface area contributed by atoms with Crippen LogP contribution in [0.5, 0.6) is 0 Å². The smallest absolute Gasteiger partial charge is 0.302 e. The summed E-state index contributed by atoms with van der Waals surface area (Å²) in [7, 11) is 1.56. The molecule has 94 valence electrons. The second kappa shape index (κ2) is 4.89. The lowest BCUT2D eigenvalue weighted by Crippen LogP contribution is -2.39. The van der Waals surface area contributed by atoms with Crippen molar-refractivity contribution in [1.82, 2.24) is 9.13 Å². The molecule has 0 saturated carbocycles. The predicted molar refractivity (Wildman–Crippen MR) is 69.1 cm³/mol. The van der Waals surface area contributed by atoms with Gasteiger partial charge in [0.2, 0.25) is 0 Å². The van der Waals surface area contributed by atoms with Crippen LogP contribution in [0.1, 0.15) is 5.56 Å². The van der Waals surface area contributed by atoms with Gasteiger partial charge in [0.1, 0.15) is 5.82 Å². The lowest BCUT2D eigenvalue weighted by atomic mass is 10.2. The van der Waals surface area contributed by atoms with Crippen LogP contribution < -0.4 is 11.2 Å². The molecule has 0 radical (unpaired) electrons. The summed E-state index contributed by atoms with van der Waals surface area (Å²) in [5.41, 5.74) is -0.122. The van der Waals surface area contributed by atoms with E-state index in [9.17, 15) is 14.0 Å². The first-order valence-electron chi connectivity index (χ1n) is 5.19. The lowest BCUT2D eigenvalue weighted by molar-refractivity contribution is 0.619. The van der Waals surface area contributed by atoms with Crippen LogP contribution in [0.25, 0.3) is 0 Å². The van der Waals surface area contributed by atoms with E-state index >= 15 is 0 Å². The minimum absolute atomic E-state index is 0.116. The van der Waals surface area contributed by atoms with E-state index < -0.39 is 11.2 Å². The molecule has 0 fully saturated rings. The van der Waals surface area contributed by atoms with Gasteiger partial charge in [0.25, 0.3) is 5.56 Å². The summed E-state index contributed by atoms with van der Waals surface area (Å²) in [6.45, 7) is 0.116. The second-order valence-electron chi connectivity index (χ2n) is 3.89. The molecule has 0 amide bonds. The van der Waals surface area contributed by atoms with E-state index in [2.05, 4.69) is 15.9 Å². The summed E-state index contributed by atoms with van der Waals surface area (Å²) < 4.78 is 15.5. The molecule has 1 aromatic carbocycles. The summed E-state index contributed by atoms with van der Waals surface area (Å²) in [5.74, 6) is -0.353. The zero-order valence-electron chi connectivity index (χ0n) is 9.56. The fraction of sp³-hybridized carbons (Fsp3) is 0.167. The number of halogens is 2. The van der Waals surface area contributed by atoms with Crippen molar-refractivity contribution in [2.45, 2.75) is 6.54 Å². The molecular formula is C12H10BrFN2O2. The van der Waals surface area contributed by atoms with Crippen LogP contribution >= 0.6 is 15.9 Å². The predicted octanol–water partition coefficient (Wildman–Crippen LogP) is 1.50. The van der Waals surface area contributed by atoms with Crippen molar-refractivity contribution < 1.29 is 4.39 Å². The molecule has 1 heterocycles. The number of hydrogen-bond donors (Lipinski definition) is 0. The third kappa shape index (κ3) is 2.43. The Bertz CT molecular complexity index is 654.